The second-order valence-corrected chi connectivity index (χ2v) is 9.64. The van der Waals surface area contributed by atoms with Gasteiger partial charge >= 0.3 is 18.4 Å². The Morgan fingerprint density at radius 1 is 1.26 bits per heavy atom. The van der Waals surface area contributed by atoms with Gasteiger partial charge < -0.3 is 29.1 Å². The third kappa shape index (κ3) is 8.30. The van der Waals surface area contributed by atoms with Crippen molar-refractivity contribution in [2.24, 2.45) is 4.99 Å². The summed E-state index contributed by atoms with van der Waals surface area (Å²) in [6.45, 7) is 5.08. The number of carbonyl (C=O) groups is 2. The van der Waals surface area contributed by atoms with Crippen molar-refractivity contribution in [2.75, 3.05) is 19.8 Å². The first-order valence-electron chi connectivity index (χ1n) is 12.2. The summed E-state index contributed by atoms with van der Waals surface area (Å²) in [6, 6.07) is 2.68. The normalized spacial score (nSPS) is 16.3. The average Bonchev–Trinajstić information content (AvgIpc) is 3.49. The molecular weight excluding hydrogens is 527 g/mol. The number of amides is 2. The van der Waals surface area contributed by atoms with Crippen molar-refractivity contribution in [2.45, 2.75) is 64.3 Å². The minimum atomic E-state index is -4.72. The fourth-order valence-corrected chi connectivity index (χ4v) is 3.81. The van der Waals surface area contributed by atoms with E-state index in [0.29, 0.717) is 25.7 Å². The van der Waals surface area contributed by atoms with Crippen LogP contribution in [0.4, 0.5) is 22.8 Å². The Morgan fingerprint density at radius 2 is 2.00 bits per heavy atom. The number of nitrogens with zero attached hydrogens (tertiary/aromatic N) is 4. The van der Waals surface area contributed by atoms with Crippen LogP contribution in [0.5, 0.6) is 5.75 Å². The molecule has 0 spiro atoms. The molecule has 0 saturated carbocycles. The van der Waals surface area contributed by atoms with Gasteiger partial charge in [-0.25, -0.2) is 9.59 Å². The number of aliphatic imine (C=N–C) groups is 1. The van der Waals surface area contributed by atoms with Gasteiger partial charge in [0, 0.05) is 18.7 Å². The Morgan fingerprint density at radius 3 is 2.64 bits per heavy atom. The molecule has 0 bridgehead atoms. The number of nitrogens with one attached hydrogen (secondary N) is 1. The molecule has 1 aliphatic rings. The number of carboxylic acid groups (broad SMARTS) is 1. The summed E-state index contributed by atoms with van der Waals surface area (Å²) in [5.74, 6) is -0.783. The van der Waals surface area contributed by atoms with Crippen LogP contribution in [0.3, 0.4) is 0 Å². The molecule has 15 heteroatoms. The van der Waals surface area contributed by atoms with Crippen LogP contribution in [-0.2, 0) is 10.9 Å². The number of unbranched alkanes of at least 4 members (excludes halogenated alkanes) is 1. The Labute approximate surface area is 221 Å². The number of ether oxygens (including phenoxy) is 2. The zero-order valence-electron chi connectivity index (χ0n) is 21.6. The maximum atomic E-state index is 13.7. The van der Waals surface area contributed by atoms with Gasteiger partial charge in [0.25, 0.3) is 0 Å². The number of aliphatic hydroxyl groups excluding tert-OH is 1. The molecule has 12 nitrogen and oxygen atoms in total. The first-order valence-corrected chi connectivity index (χ1v) is 12.2. The summed E-state index contributed by atoms with van der Waals surface area (Å²) in [5.41, 5.74) is -1.86. The van der Waals surface area contributed by atoms with Crippen LogP contribution in [0.25, 0.3) is 11.4 Å². The molecule has 1 aromatic carbocycles. The topological polar surface area (TPSA) is 160 Å². The number of carbonyl (C=O) groups excluding carboxylic acids is 1. The summed E-state index contributed by atoms with van der Waals surface area (Å²) in [7, 11) is 0. The molecule has 39 heavy (non-hydrogen) atoms. The average molecular weight is 558 g/mol. The zero-order chi connectivity index (χ0) is 28.8. The Balaban J connectivity index is 1.87. The highest BCUT2D eigenvalue weighted by Gasteiger charge is 2.37. The Hall–Kier alpha value is -3.88. The molecule has 3 N–H and O–H groups in total. The lowest BCUT2D eigenvalue weighted by atomic mass is 10.1. The summed E-state index contributed by atoms with van der Waals surface area (Å²) < 4.78 is 56.9. The van der Waals surface area contributed by atoms with E-state index in [9.17, 15) is 27.9 Å². The molecule has 0 aliphatic carbocycles. The minimum Gasteiger partial charge on any atom is -0.493 e. The quantitative estimate of drug-likeness (QED) is 0.249. The number of aliphatic hydroxyl groups is 1. The van der Waals surface area contributed by atoms with E-state index in [4.69, 9.17) is 19.1 Å². The lowest BCUT2D eigenvalue weighted by molar-refractivity contribution is -0.138. The fourth-order valence-electron chi connectivity index (χ4n) is 3.81. The number of hydrogen-bond donors (Lipinski definition) is 3. The van der Waals surface area contributed by atoms with E-state index in [1.54, 1.807) is 20.8 Å². The molecule has 3 rings (SSSR count). The van der Waals surface area contributed by atoms with Gasteiger partial charge in [0.05, 0.1) is 12.2 Å². The van der Waals surface area contributed by atoms with Gasteiger partial charge in [0.2, 0.25) is 17.7 Å². The molecule has 2 aromatic rings. The first-order chi connectivity index (χ1) is 18.3. The number of likely N-dealkylation sites (tertiary alicyclic amines) is 1. The van der Waals surface area contributed by atoms with E-state index >= 15 is 0 Å². The van der Waals surface area contributed by atoms with E-state index < -0.39 is 35.6 Å². The predicted molar refractivity (Wildman–Crippen MR) is 130 cm³/mol. The van der Waals surface area contributed by atoms with Crippen molar-refractivity contribution in [1.82, 2.24) is 20.4 Å². The van der Waals surface area contributed by atoms with Crippen molar-refractivity contribution in [3.8, 4) is 17.1 Å². The standard InChI is InChI=1S/C24H30F3N5O7/c1-23(2,3)38-22(36)30-20(29-21(34)35)32-10-6-7-16(32)19-28-18(31-39-19)14-8-9-17(37-12-5-4-11-33)15(13-14)24(25,26)27/h8-9,13,16,33H,4-7,10-12H2,1-3H3,(H,34,35)(H,29,30,36)/t16-/m0/s1. The number of rotatable bonds is 7. The predicted octanol–water partition coefficient (Wildman–Crippen LogP) is 4.60. The second kappa shape index (κ2) is 12.3. The molecule has 2 amide bonds. The Bertz CT molecular complexity index is 1190. The van der Waals surface area contributed by atoms with E-state index in [2.05, 4.69) is 20.4 Å². The van der Waals surface area contributed by atoms with Crippen molar-refractivity contribution in [3.05, 3.63) is 29.7 Å². The van der Waals surface area contributed by atoms with Gasteiger partial charge in [0.15, 0.2) is 0 Å². The fraction of sp³-hybridized carbons (Fsp3) is 0.542. The van der Waals surface area contributed by atoms with Crippen LogP contribution < -0.4 is 10.1 Å². The van der Waals surface area contributed by atoms with Gasteiger partial charge in [-0.1, -0.05) is 5.16 Å². The first kappa shape index (κ1) is 29.7. The molecule has 2 heterocycles. The number of guanidine groups is 1. The van der Waals surface area contributed by atoms with Gasteiger partial charge in [-0.2, -0.15) is 18.2 Å². The molecular formula is C24H30F3N5O7. The van der Waals surface area contributed by atoms with Crippen molar-refractivity contribution in [1.29, 1.82) is 0 Å². The third-order valence-electron chi connectivity index (χ3n) is 5.41. The van der Waals surface area contributed by atoms with Crippen LogP contribution in [0, 0.1) is 0 Å². The molecule has 0 unspecified atom stereocenters. The lowest BCUT2D eigenvalue weighted by Crippen LogP contribution is -2.44. The monoisotopic (exact) mass is 557 g/mol. The highest BCUT2D eigenvalue weighted by atomic mass is 19.4. The van der Waals surface area contributed by atoms with Crippen LogP contribution in [0.15, 0.2) is 27.7 Å². The van der Waals surface area contributed by atoms with Gasteiger partial charge in [-0.3, -0.25) is 5.32 Å². The van der Waals surface area contributed by atoms with Gasteiger partial charge in [-0.05, 0) is 64.7 Å². The Kier molecular flexibility index (Phi) is 9.37. The number of hydrogen-bond acceptors (Lipinski definition) is 8. The highest BCUT2D eigenvalue weighted by Crippen LogP contribution is 2.39. The van der Waals surface area contributed by atoms with Crippen molar-refractivity contribution in [3.63, 3.8) is 0 Å². The highest BCUT2D eigenvalue weighted by molar-refractivity contribution is 5.98. The summed E-state index contributed by atoms with van der Waals surface area (Å²) in [5, 5.41) is 24.0. The van der Waals surface area contributed by atoms with Crippen molar-refractivity contribution >= 4 is 18.1 Å². The maximum absolute atomic E-state index is 13.7. The largest absolute Gasteiger partial charge is 0.493 e. The second-order valence-electron chi connectivity index (χ2n) is 9.64. The smallest absolute Gasteiger partial charge is 0.437 e. The van der Waals surface area contributed by atoms with E-state index in [0.717, 1.165) is 12.1 Å². The summed E-state index contributed by atoms with van der Waals surface area (Å²) in [6.07, 6.45) is -5.43. The van der Waals surface area contributed by atoms with E-state index in [-0.39, 0.29) is 48.7 Å². The summed E-state index contributed by atoms with van der Waals surface area (Å²) in [4.78, 5) is 33.1. The van der Waals surface area contributed by atoms with E-state index in [1.165, 1.54) is 11.0 Å². The van der Waals surface area contributed by atoms with Crippen LogP contribution in [0.1, 0.15) is 64.0 Å². The van der Waals surface area contributed by atoms with Gasteiger partial charge in [0.1, 0.15) is 17.4 Å². The van der Waals surface area contributed by atoms with Crippen LogP contribution >= 0.6 is 0 Å². The third-order valence-corrected chi connectivity index (χ3v) is 5.41. The summed E-state index contributed by atoms with van der Waals surface area (Å²) >= 11 is 0. The SMILES string of the molecule is CC(C)(C)OC(=O)N=C(NC(=O)O)N1CCC[C@H]1c1nc(-c2ccc(OCCCCO)c(C(F)(F)F)c2)no1. The lowest BCUT2D eigenvalue weighted by Gasteiger charge is -2.25. The number of aromatic nitrogens is 2. The van der Waals surface area contributed by atoms with Crippen molar-refractivity contribution < 1.29 is 47.0 Å². The minimum absolute atomic E-state index is 0.00414. The maximum Gasteiger partial charge on any atom is 0.437 e. The number of alkyl halides is 3. The molecule has 1 atom stereocenters. The zero-order valence-corrected chi connectivity index (χ0v) is 21.6. The van der Waals surface area contributed by atoms with Gasteiger partial charge in [-0.15, -0.1) is 4.99 Å². The van der Waals surface area contributed by atoms with E-state index in [1.807, 2.05) is 0 Å². The molecule has 1 fully saturated rings. The molecule has 1 saturated heterocycles. The molecule has 214 valence electrons. The molecule has 1 aromatic heterocycles. The van der Waals surface area contributed by atoms with Crippen LogP contribution in [-0.4, -0.2) is 68.8 Å². The number of halogens is 3. The number of benzene rings is 1. The molecule has 1 aliphatic heterocycles. The molecule has 0 radical (unpaired) electrons. The van der Waals surface area contributed by atoms with Crippen LogP contribution in [0.2, 0.25) is 0 Å².